The second kappa shape index (κ2) is 2.95. The molecule has 0 aliphatic carbocycles. The minimum atomic E-state index is -0.648. The van der Waals surface area contributed by atoms with Gasteiger partial charge in [-0.2, -0.15) is 0 Å². The molecule has 0 aromatic heterocycles. The van der Waals surface area contributed by atoms with Crippen LogP contribution in [0.25, 0.3) is 0 Å². The van der Waals surface area contributed by atoms with E-state index in [-0.39, 0.29) is 5.92 Å². The second-order valence-corrected chi connectivity index (χ2v) is 3.61. The Labute approximate surface area is 68.3 Å². The van der Waals surface area contributed by atoms with E-state index in [2.05, 4.69) is 18.8 Å². The number of hydrogen-bond acceptors (Lipinski definition) is 2. The van der Waals surface area contributed by atoms with Crippen LogP contribution in [0, 0.1) is 5.92 Å². The lowest BCUT2D eigenvalue weighted by Gasteiger charge is -2.39. The standard InChI is InChI=1S/C9H17NO/c1-4-9(11)5-8(3)10-6-7(9)2/h4,7-8,10-11H,1,5-6H2,2-3H3/t7-,8+,9-/m0/s1. The summed E-state index contributed by atoms with van der Waals surface area (Å²) in [5.74, 6) is 0.274. The van der Waals surface area contributed by atoms with Crippen molar-refractivity contribution in [2.75, 3.05) is 6.54 Å². The molecule has 0 aromatic rings. The topological polar surface area (TPSA) is 32.3 Å². The van der Waals surface area contributed by atoms with Gasteiger partial charge in [-0.25, -0.2) is 0 Å². The van der Waals surface area contributed by atoms with E-state index in [1.807, 2.05) is 6.92 Å². The predicted octanol–water partition coefficient (Wildman–Crippen LogP) is 0.921. The van der Waals surface area contributed by atoms with Gasteiger partial charge in [0.25, 0.3) is 0 Å². The molecule has 0 unspecified atom stereocenters. The van der Waals surface area contributed by atoms with Crippen molar-refractivity contribution in [2.45, 2.75) is 31.9 Å². The van der Waals surface area contributed by atoms with Gasteiger partial charge in [0.15, 0.2) is 0 Å². The molecular weight excluding hydrogens is 138 g/mol. The molecule has 3 atom stereocenters. The van der Waals surface area contributed by atoms with Gasteiger partial charge in [0, 0.05) is 18.5 Å². The van der Waals surface area contributed by atoms with Crippen molar-refractivity contribution < 1.29 is 5.11 Å². The van der Waals surface area contributed by atoms with Gasteiger partial charge in [0.05, 0.1) is 5.60 Å². The molecule has 1 rings (SSSR count). The van der Waals surface area contributed by atoms with Crippen LogP contribution in [0.5, 0.6) is 0 Å². The smallest absolute Gasteiger partial charge is 0.0877 e. The van der Waals surface area contributed by atoms with E-state index < -0.39 is 5.60 Å². The first kappa shape index (κ1) is 8.75. The lowest BCUT2D eigenvalue weighted by Crippen LogP contribution is -2.51. The van der Waals surface area contributed by atoms with Crippen LogP contribution in [0.3, 0.4) is 0 Å². The fourth-order valence-corrected chi connectivity index (χ4v) is 1.60. The zero-order valence-electron chi connectivity index (χ0n) is 7.30. The Morgan fingerprint density at radius 3 is 2.73 bits per heavy atom. The highest BCUT2D eigenvalue weighted by atomic mass is 16.3. The van der Waals surface area contributed by atoms with Gasteiger partial charge in [-0.15, -0.1) is 6.58 Å². The summed E-state index contributed by atoms with van der Waals surface area (Å²) in [7, 11) is 0. The Balaban J connectivity index is 2.67. The summed E-state index contributed by atoms with van der Waals surface area (Å²) >= 11 is 0. The largest absolute Gasteiger partial charge is 0.385 e. The highest BCUT2D eigenvalue weighted by Crippen LogP contribution is 2.27. The normalized spacial score (nSPS) is 45.4. The maximum Gasteiger partial charge on any atom is 0.0877 e. The fraction of sp³-hybridized carbons (Fsp3) is 0.778. The minimum absolute atomic E-state index is 0.274. The van der Waals surface area contributed by atoms with Crippen molar-refractivity contribution >= 4 is 0 Å². The molecular formula is C9H17NO. The molecule has 1 saturated heterocycles. The third kappa shape index (κ3) is 1.63. The van der Waals surface area contributed by atoms with E-state index in [4.69, 9.17) is 0 Å². The molecule has 0 spiro atoms. The lowest BCUT2D eigenvalue weighted by atomic mass is 9.80. The summed E-state index contributed by atoms with van der Waals surface area (Å²) in [5, 5.41) is 13.3. The Bertz CT molecular complexity index is 158. The Kier molecular flexibility index (Phi) is 2.35. The van der Waals surface area contributed by atoms with Crippen LogP contribution in [0.1, 0.15) is 20.3 Å². The van der Waals surface area contributed by atoms with Crippen LogP contribution in [0.15, 0.2) is 12.7 Å². The first-order chi connectivity index (χ1) is 5.08. The molecule has 0 saturated carbocycles. The SMILES string of the molecule is C=C[C@]1(O)C[C@@H](C)NC[C@@H]1C. The molecule has 1 aliphatic rings. The summed E-state index contributed by atoms with van der Waals surface area (Å²) in [5.41, 5.74) is -0.648. The molecule has 1 aliphatic heterocycles. The van der Waals surface area contributed by atoms with Gasteiger partial charge in [-0.3, -0.25) is 0 Å². The van der Waals surface area contributed by atoms with E-state index in [0.29, 0.717) is 6.04 Å². The first-order valence-corrected chi connectivity index (χ1v) is 4.18. The van der Waals surface area contributed by atoms with Gasteiger partial charge in [0.2, 0.25) is 0 Å². The maximum absolute atomic E-state index is 9.96. The fourth-order valence-electron chi connectivity index (χ4n) is 1.60. The van der Waals surface area contributed by atoms with Crippen molar-refractivity contribution in [2.24, 2.45) is 5.92 Å². The van der Waals surface area contributed by atoms with Crippen LogP contribution >= 0.6 is 0 Å². The van der Waals surface area contributed by atoms with Gasteiger partial charge >= 0.3 is 0 Å². The molecule has 11 heavy (non-hydrogen) atoms. The van der Waals surface area contributed by atoms with E-state index >= 15 is 0 Å². The molecule has 1 heterocycles. The molecule has 0 aromatic carbocycles. The van der Waals surface area contributed by atoms with Crippen LogP contribution in [-0.4, -0.2) is 23.3 Å². The third-order valence-corrected chi connectivity index (χ3v) is 2.61. The van der Waals surface area contributed by atoms with Crippen molar-refractivity contribution in [1.29, 1.82) is 0 Å². The molecule has 0 bridgehead atoms. The lowest BCUT2D eigenvalue weighted by molar-refractivity contribution is -0.00101. The van der Waals surface area contributed by atoms with Crippen LogP contribution < -0.4 is 5.32 Å². The Hall–Kier alpha value is -0.340. The van der Waals surface area contributed by atoms with Gasteiger partial charge in [-0.05, 0) is 13.3 Å². The number of rotatable bonds is 1. The minimum Gasteiger partial charge on any atom is -0.385 e. The zero-order chi connectivity index (χ0) is 8.48. The number of aliphatic hydroxyl groups is 1. The van der Waals surface area contributed by atoms with E-state index in [1.54, 1.807) is 6.08 Å². The summed E-state index contributed by atoms with van der Waals surface area (Å²) in [6, 6.07) is 0.397. The quantitative estimate of drug-likeness (QED) is 0.552. The third-order valence-electron chi connectivity index (χ3n) is 2.61. The first-order valence-electron chi connectivity index (χ1n) is 4.18. The predicted molar refractivity (Wildman–Crippen MR) is 46.4 cm³/mol. The molecule has 0 amide bonds. The molecule has 1 fully saturated rings. The molecule has 64 valence electrons. The van der Waals surface area contributed by atoms with Crippen LogP contribution in [-0.2, 0) is 0 Å². The van der Waals surface area contributed by atoms with Gasteiger partial charge in [-0.1, -0.05) is 13.0 Å². The summed E-state index contributed by atoms with van der Waals surface area (Å²) in [6.07, 6.45) is 2.45. The Morgan fingerprint density at radius 1 is 1.64 bits per heavy atom. The monoisotopic (exact) mass is 155 g/mol. The summed E-state index contributed by atoms with van der Waals surface area (Å²) in [6.45, 7) is 8.67. The molecule has 2 N–H and O–H groups in total. The number of piperidine rings is 1. The highest BCUT2D eigenvalue weighted by molar-refractivity contribution is 5.04. The van der Waals surface area contributed by atoms with Crippen molar-refractivity contribution in [3.05, 3.63) is 12.7 Å². The maximum atomic E-state index is 9.96. The molecule has 2 heteroatoms. The van der Waals surface area contributed by atoms with Crippen molar-refractivity contribution in [3.8, 4) is 0 Å². The number of hydrogen-bond donors (Lipinski definition) is 2. The molecule has 2 nitrogen and oxygen atoms in total. The van der Waals surface area contributed by atoms with Crippen LogP contribution in [0.2, 0.25) is 0 Å². The summed E-state index contributed by atoms with van der Waals surface area (Å²) in [4.78, 5) is 0. The number of nitrogens with one attached hydrogen (secondary N) is 1. The average Bonchev–Trinajstić information content (AvgIpc) is 1.98. The summed E-state index contributed by atoms with van der Waals surface area (Å²) < 4.78 is 0. The second-order valence-electron chi connectivity index (χ2n) is 3.61. The van der Waals surface area contributed by atoms with E-state index in [1.165, 1.54) is 0 Å². The van der Waals surface area contributed by atoms with Crippen molar-refractivity contribution in [1.82, 2.24) is 5.32 Å². The van der Waals surface area contributed by atoms with Crippen LogP contribution in [0.4, 0.5) is 0 Å². The average molecular weight is 155 g/mol. The Morgan fingerprint density at radius 2 is 2.27 bits per heavy atom. The van der Waals surface area contributed by atoms with Gasteiger partial charge < -0.3 is 10.4 Å². The highest BCUT2D eigenvalue weighted by Gasteiger charge is 2.35. The zero-order valence-corrected chi connectivity index (χ0v) is 7.30. The van der Waals surface area contributed by atoms with Crippen molar-refractivity contribution in [3.63, 3.8) is 0 Å². The van der Waals surface area contributed by atoms with E-state index in [0.717, 1.165) is 13.0 Å². The molecule has 0 radical (unpaired) electrons. The van der Waals surface area contributed by atoms with E-state index in [9.17, 15) is 5.11 Å². The van der Waals surface area contributed by atoms with Gasteiger partial charge in [0.1, 0.15) is 0 Å².